The van der Waals surface area contributed by atoms with Gasteiger partial charge in [0.25, 0.3) is 11.9 Å². The predicted octanol–water partition coefficient (Wildman–Crippen LogP) is 3.46. The third kappa shape index (κ3) is 5.31. The van der Waals surface area contributed by atoms with Gasteiger partial charge >= 0.3 is 12.3 Å². The van der Waals surface area contributed by atoms with Crippen LogP contribution in [0.25, 0.3) is 0 Å². The maximum Gasteiger partial charge on any atom is 0.387 e. The van der Waals surface area contributed by atoms with E-state index in [1.54, 1.807) is 42.2 Å². The number of benzene rings is 2. The van der Waals surface area contributed by atoms with Crippen LogP contribution in [0.15, 0.2) is 58.1 Å². The van der Waals surface area contributed by atoms with Crippen LogP contribution in [-0.2, 0) is 19.6 Å². The third-order valence-corrected chi connectivity index (χ3v) is 5.89. The first kappa shape index (κ1) is 25.5. The van der Waals surface area contributed by atoms with Gasteiger partial charge in [0.15, 0.2) is 0 Å². The summed E-state index contributed by atoms with van der Waals surface area (Å²) in [6.45, 7) is -0.863. The number of rotatable bonds is 10. The SMILES string of the molecule is CCn1c2c(c(=O)n(CCCO)c1=O)N(Cc1ccc(Cl)cc1)C(Oc1cccc(OC(F)F)c1)N2. The van der Waals surface area contributed by atoms with E-state index in [0.717, 1.165) is 10.1 Å². The highest BCUT2D eigenvalue weighted by Crippen LogP contribution is 2.34. The minimum atomic E-state index is -2.99. The summed E-state index contributed by atoms with van der Waals surface area (Å²) < 4.78 is 38.4. The fourth-order valence-electron chi connectivity index (χ4n) is 4.02. The van der Waals surface area contributed by atoms with Crippen molar-refractivity contribution in [2.45, 2.75) is 45.9 Å². The molecule has 0 fully saturated rings. The first-order chi connectivity index (χ1) is 17.3. The molecule has 2 aromatic carbocycles. The summed E-state index contributed by atoms with van der Waals surface area (Å²) in [5.74, 6) is 0.413. The first-order valence-corrected chi connectivity index (χ1v) is 11.7. The second-order valence-corrected chi connectivity index (χ2v) is 8.42. The van der Waals surface area contributed by atoms with Gasteiger partial charge in [-0.25, -0.2) is 4.79 Å². The number of hydrogen-bond donors (Lipinski definition) is 2. The molecule has 4 rings (SSSR count). The molecule has 0 radical (unpaired) electrons. The zero-order chi connectivity index (χ0) is 25.8. The van der Waals surface area contributed by atoms with Gasteiger partial charge < -0.3 is 24.8 Å². The molecule has 0 spiro atoms. The average Bonchev–Trinajstić information content (AvgIpc) is 3.18. The number of fused-ring (bicyclic) bond motifs is 1. The van der Waals surface area contributed by atoms with Gasteiger partial charge in [-0.05, 0) is 43.2 Å². The van der Waals surface area contributed by atoms with Gasteiger partial charge in [-0.2, -0.15) is 8.78 Å². The van der Waals surface area contributed by atoms with Crippen LogP contribution in [0.5, 0.6) is 11.5 Å². The van der Waals surface area contributed by atoms with Crippen molar-refractivity contribution in [1.82, 2.24) is 9.13 Å². The Bertz CT molecular complexity index is 1330. The molecule has 1 aliphatic heterocycles. The Kier molecular flexibility index (Phi) is 7.80. The molecule has 0 saturated heterocycles. The number of aliphatic hydroxyl groups is 1. The number of aliphatic hydroxyl groups excluding tert-OH is 1. The van der Waals surface area contributed by atoms with E-state index in [-0.39, 0.29) is 55.7 Å². The molecule has 0 amide bonds. The van der Waals surface area contributed by atoms with Crippen LogP contribution in [0.4, 0.5) is 20.3 Å². The highest BCUT2D eigenvalue weighted by molar-refractivity contribution is 6.30. The molecule has 36 heavy (non-hydrogen) atoms. The summed E-state index contributed by atoms with van der Waals surface area (Å²) in [5, 5.41) is 12.9. The number of halogens is 3. The van der Waals surface area contributed by atoms with E-state index in [0.29, 0.717) is 5.02 Å². The van der Waals surface area contributed by atoms with E-state index < -0.39 is 24.2 Å². The normalized spacial score (nSPS) is 14.6. The third-order valence-electron chi connectivity index (χ3n) is 5.63. The van der Waals surface area contributed by atoms with Crippen LogP contribution in [0.1, 0.15) is 18.9 Å². The molecule has 0 bridgehead atoms. The number of hydrogen-bond acceptors (Lipinski definition) is 7. The Balaban J connectivity index is 1.78. The molecule has 1 aliphatic rings. The largest absolute Gasteiger partial charge is 0.452 e. The fraction of sp³-hybridized carbons (Fsp3) is 0.333. The van der Waals surface area contributed by atoms with Crippen LogP contribution in [0.3, 0.4) is 0 Å². The van der Waals surface area contributed by atoms with Gasteiger partial charge in [-0.15, -0.1) is 0 Å². The topological polar surface area (TPSA) is 98.0 Å². The van der Waals surface area contributed by atoms with Gasteiger partial charge in [0.2, 0.25) is 0 Å². The zero-order valence-electron chi connectivity index (χ0n) is 19.4. The van der Waals surface area contributed by atoms with Crippen molar-refractivity contribution in [2.24, 2.45) is 0 Å². The summed E-state index contributed by atoms with van der Waals surface area (Å²) in [4.78, 5) is 28.2. The number of alkyl halides is 2. The fourth-order valence-corrected chi connectivity index (χ4v) is 4.14. The highest BCUT2D eigenvalue weighted by atomic mass is 35.5. The summed E-state index contributed by atoms with van der Waals surface area (Å²) >= 11 is 6.02. The van der Waals surface area contributed by atoms with Gasteiger partial charge in [-0.1, -0.05) is 29.8 Å². The quantitative estimate of drug-likeness (QED) is 0.421. The number of nitrogens with zero attached hydrogens (tertiary/aromatic N) is 3. The highest BCUT2D eigenvalue weighted by Gasteiger charge is 2.37. The van der Waals surface area contributed by atoms with Gasteiger partial charge in [0, 0.05) is 37.3 Å². The smallest absolute Gasteiger partial charge is 0.387 e. The molecule has 2 N–H and O–H groups in total. The Morgan fingerprint density at radius 2 is 1.83 bits per heavy atom. The van der Waals surface area contributed by atoms with E-state index in [2.05, 4.69) is 10.1 Å². The van der Waals surface area contributed by atoms with Crippen molar-refractivity contribution >= 4 is 23.1 Å². The molecular formula is C24H25ClF2N4O5. The second-order valence-electron chi connectivity index (χ2n) is 7.98. The Morgan fingerprint density at radius 3 is 2.50 bits per heavy atom. The lowest BCUT2D eigenvalue weighted by atomic mass is 10.2. The maximum absolute atomic E-state index is 13.5. The van der Waals surface area contributed by atoms with Crippen LogP contribution < -0.4 is 30.9 Å². The van der Waals surface area contributed by atoms with Crippen molar-refractivity contribution in [3.8, 4) is 11.5 Å². The van der Waals surface area contributed by atoms with Crippen molar-refractivity contribution in [3.63, 3.8) is 0 Å². The van der Waals surface area contributed by atoms with E-state index >= 15 is 0 Å². The lowest BCUT2D eigenvalue weighted by Gasteiger charge is -2.26. The minimum absolute atomic E-state index is 0.0504. The number of ether oxygens (including phenoxy) is 2. The van der Waals surface area contributed by atoms with Crippen LogP contribution >= 0.6 is 11.6 Å². The van der Waals surface area contributed by atoms with E-state index in [1.165, 1.54) is 22.8 Å². The van der Waals surface area contributed by atoms with Crippen molar-refractivity contribution in [3.05, 3.63) is 80.0 Å². The molecule has 192 valence electrons. The standard InChI is InChI=1S/C24H25ClF2N4O5/c1-2-29-20-19(21(33)30(24(29)34)11-4-12-32)31(14-15-7-9-16(25)10-8-15)23(28-20)36-18-6-3-5-17(13-18)35-22(26)27/h3,5-10,13,22-23,28,32H,2,4,11-12,14H2,1H3. The summed E-state index contributed by atoms with van der Waals surface area (Å²) in [5.41, 5.74) is -0.0144. The lowest BCUT2D eigenvalue weighted by molar-refractivity contribution is -0.0499. The van der Waals surface area contributed by atoms with Crippen molar-refractivity contribution < 1.29 is 23.4 Å². The summed E-state index contributed by atoms with van der Waals surface area (Å²) in [7, 11) is 0. The van der Waals surface area contributed by atoms with Gasteiger partial charge in [0.1, 0.15) is 23.0 Å². The van der Waals surface area contributed by atoms with E-state index in [1.807, 2.05) is 0 Å². The molecule has 9 nitrogen and oxygen atoms in total. The predicted molar refractivity (Wildman–Crippen MR) is 131 cm³/mol. The summed E-state index contributed by atoms with van der Waals surface area (Å²) in [6.07, 6.45) is -0.713. The van der Waals surface area contributed by atoms with E-state index in [4.69, 9.17) is 16.3 Å². The lowest BCUT2D eigenvalue weighted by Crippen LogP contribution is -2.43. The van der Waals surface area contributed by atoms with Crippen LogP contribution in [-0.4, -0.2) is 33.8 Å². The molecule has 12 heteroatoms. The number of anilines is 2. The Hall–Kier alpha value is -3.57. The molecule has 0 saturated carbocycles. The number of nitrogens with one attached hydrogen (secondary N) is 1. The zero-order valence-corrected chi connectivity index (χ0v) is 20.1. The monoisotopic (exact) mass is 522 g/mol. The molecular weight excluding hydrogens is 498 g/mol. The maximum atomic E-state index is 13.5. The van der Waals surface area contributed by atoms with E-state index in [9.17, 15) is 23.5 Å². The molecule has 1 unspecified atom stereocenters. The Labute approximate surface area is 210 Å². The number of aromatic nitrogens is 2. The molecule has 1 aromatic heterocycles. The van der Waals surface area contributed by atoms with Crippen molar-refractivity contribution in [1.29, 1.82) is 0 Å². The van der Waals surface area contributed by atoms with Crippen molar-refractivity contribution in [2.75, 3.05) is 16.8 Å². The average molecular weight is 523 g/mol. The first-order valence-electron chi connectivity index (χ1n) is 11.3. The van der Waals surface area contributed by atoms with Crippen LogP contribution in [0.2, 0.25) is 5.02 Å². The van der Waals surface area contributed by atoms with Crippen LogP contribution in [0, 0.1) is 0 Å². The molecule has 0 aliphatic carbocycles. The van der Waals surface area contributed by atoms with Gasteiger partial charge in [0.05, 0.1) is 0 Å². The minimum Gasteiger partial charge on any atom is -0.452 e. The molecule has 3 aromatic rings. The molecule has 2 heterocycles. The Morgan fingerprint density at radius 1 is 1.11 bits per heavy atom. The van der Waals surface area contributed by atoms with Gasteiger partial charge in [-0.3, -0.25) is 13.9 Å². The second kappa shape index (κ2) is 11.0. The summed E-state index contributed by atoms with van der Waals surface area (Å²) in [6, 6.07) is 12.8. The molecule has 1 atom stereocenters.